The largest absolute Gasteiger partial charge is 0.347 e. The lowest BCUT2D eigenvalue weighted by Crippen LogP contribution is -2.42. The van der Waals surface area contributed by atoms with Gasteiger partial charge in [0, 0.05) is 29.9 Å². The van der Waals surface area contributed by atoms with Crippen LogP contribution >= 0.6 is 11.6 Å². The van der Waals surface area contributed by atoms with E-state index in [1.54, 1.807) is 30.5 Å². The van der Waals surface area contributed by atoms with E-state index in [2.05, 4.69) is 5.32 Å². The molecule has 1 saturated heterocycles. The molecule has 1 aliphatic heterocycles. The van der Waals surface area contributed by atoms with Gasteiger partial charge in [-0.15, -0.1) is 0 Å². The van der Waals surface area contributed by atoms with E-state index in [-0.39, 0.29) is 0 Å². The first kappa shape index (κ1) is 20.8. The van der Waals surface area contributed by atoms with Crippen LogP contribution in [0.25, 0.3) is 0 Å². The molecule has 3 rings (SSSR count). The molecule has 2 heterocycles. The van der Waals surface area contributed by atoms with Crippen molar-refractivity contribution in [1.82, 2.24) is 14.8 Å². The van der Waals surface area contributed by atoms with Gasteiger partial charge in [-0.3, -0.25) is 9.59 Å². The third kappa shape index (κ3) is 4.93. The Morgan fingerprint density at radius 1 is 1.34 bits per heavy atom. The summed E-state index contributed by atoms with van der Waals surface area (Å²) in [7, 11) is 0. The quantitative estimate of drug-likeness (QED) is 0.807. The summed E-state index contributed by atoms with van der Waals surface area (Å²) in [4.78, 5) is 25.4. The molecular formula is C20H19ClF2N4O2. The van der Waals surface area contributed by atoms with Gasteiger partial charge in [-0.05, 0) is 30.7 Å². The number of nitrogens with zero attached hydrogens (tertiary/aromatic N) is 3. The summed E-state index contributed by atoms with van der Waals surface area (Å²) in [6.07, 6.45) is 0.974. The first-order valence-corrected chi connectivity index (χ1v) is 9.32. The first-order chi connectivity index (χ1) is 13.7. The number of hydrogen-bond acceptors (Lipinski definition) is 3. The average molecular weight is 421 g/mol. The first-order valence-electron chi connectivity index (χ1n) is 8.95. The third-order valence-corrected chi connectivity index (χ3v) is 5.03. The summed E-state index contributed by atoms with van der Waals surface area (Å²) in [6, 6.07) is 9.54. The zero-order valence-electron chi connectivity index (χ0n) is 15.7. The Balaban J connectivity index is 1.60. The number of nitriles is 1. The number of nitrogens with one attached hydrogen (secondary N) is 1. The molecule has 1 atom stereocenters. The zero-order chi connectivity index (χ0) is 21.2. The van der Waals surface area contributed by atoms with Crippen molar-refractivity contribution in [2.24, 2.45) is 0 Å². The van der Waals surface area contributed by atoms with E-state index in [1.807, 2.05) is 23.6 Å². The Kier molecular flexibility index (Phi) is 5.89. The molecule has 1 aromatic heterocycles. The van der Waals surface area contributed by atoms with Crippen LogP contribution < -0.4 is 5.32 Å². The van der Waals surface area contributed by atoms with Crippen molar-refractivity contribution < 1.29 is 18.4 Å². The molecule has 0 spiro atoms. The van der Waals surface area contributed by atoms with Crippen LogP contribution in [0.5, 0.6) is 0 Å². The summed E-state index contributed by atoms with van der Waals surface area (Å²) in [5, 5.41) is 12.0. The Morgan fingerprint density at radius 2 is 2.03 bits per heavy atom. The molecule has 0 radical (unpaired) electrons. The standard InChI is InChI=1S/C20H19ClF2N4O2/c1-13-6-15(11-26(13)10-14-2-4-16(21)5-3-14)19(29)25-9-18(28)27-12-20(22,23)7-17(27)8-24/h2-6,11,17H,7,9-10,12H2,1H3,(H,25,29)/t17-/m0/s1. The Labute approximate surface area is 171 Å². The fraction of sp³-hybridized carbons (Fsp3) is 0.350. The molecule has 1 aromatic carbocycles. The van der Waals surface area contributed by atoms with Crippen LogP contribution in [0.1, 0.15) is 28.0 Å². The van der Waals surface area contributed by atoms with Crippen molar-refractivity contribution in [3.05, 3.63) is 58.4 Å². The highest BCUT2D eigenvalue weighted by atomic mass is 35.5. The van der Waals surface area contributed by atoms with Gasteiger partial charge < -0.3 is 14.8 Å². The number of hydrogen-bond donors (Lipinski definition) is 1. The molecule has 1 aliphatic rings. The van der Waals surface area contributed by atoms with Gasteiger partial charge in [0.25, 0.3) is 11.8 Å². The molecule has 1 N–H and O–H groups in total. The van der Waals surface area contributed by atoms with Crippen molar-refractivity contribution >= 4 is 23.4 Å². The second-order valence-electron chi connectivity index (χ2n) is 7.03. The molecule has 2 amide bonds. The zero-order valence-corrected chi connectivity index (χ0v) is 16.4. The third-order valence-electron chi connectivity index (χ3n) is 4.78. The molecule has 29 heavy (non-hydrogen) atoms. The maximum Gasteiger partial charge on any atom is 0.268 e. The number of aryl methyl sites for hydroxylation is 1. The van der Waals surface area contributed by atoms with Gasteiger partial charge in [-0.2, -0.15) is 5.26 Å². The fourth-order valence-electron chi connectivity index (χ4n) is 3.25. The Bertz CT molecular complexity index is 966. The Hall–Kier alpha value is -2.92. The van der Waals surface area contributed by atoms with Crippen molar-refractivity contribution in [3.63, 3.8) is 0 Å². The maximum absolute atomic E-state index is 13.5. The predicted octanol–water partition coefficient (Wildman–Crippen LogP) is 2.99. The molecule has 0 aliphatic carbocycles. The van der Waals surface area contributed by atoms with Crippen molar-refractivity contribution in [2.45, 2.75) is 31.9 Å². The van der Waals surface area contributed by atoms with E-state index in [9.17, 15) is 18.4 Å². The van der Waals surface area contributed by atoms with Gasteiger partial charge >= 0.3 is 0 Å². The molecule has 1 fully saturated rings. The van der Waals surface area contributed by atoms with Gasteiger partial charge in [0.2, 0.25) is 5.91 Å². The fourth-order valence-corrected chi connectivity index (χ4v) is 3.38. The average Bonchev–Trinajstić information content (AvgIpc) is 3.20. The molecule has 0 bridgehead atoms. The predicted molar refractivity (Wildman–Crippen MR) is 103 cm³/mol. The molecular weight excluding hydrogens is 402 g/mol. The number of amides is 2. The van der Waals surface area contributed by atoms with Crippen LogP contribution in [0, 0.1) is 18.3 Å². The summed E-state index contributed by atoms with van der Waals surface area (Å²) < 4.78 is 28.8. The van der Waals surface area contributed by atoms with Crippen LogP contribution in [0.4, 0.5) is 8.78 Å². The van der Waals surface area contributed by atoms with Gasteiger partial charge in [0.15, 0.2) is 0 Å². The van der Waals surface area contributed by atoms with Crippen LogP contribution in [0.2, 0.25) is 5.02 Å². The number of carbonyl (C=O) groups is 2. The summed E-state index contributed by atoms with van der Waals surface area (Å²) in [5.41, 5.74) is 2.21. The van der Waals surface area contributed by atoms with Crippen LogP contribution in [0.15, 0.2) is 36.5 Å². The van der Waals surface area contributed by atoms with E-state index < -0.39 is 43.3 Å². The summed E-state index contributed by atoms with van der Waals surface area (Å²) in [5.74, 6) is -4.29. The molecule has 0 saturated carbocycles. The van der Waals surface area contributed by atoms with Crippen molar-refractivity contribution in [3.8, 4) is 6.07 Å². The molecule has 9 heteroatoms. The molecule has 0 unspecified atom stereocenters. The van der Waals surface area contributed by atoms with Gasteiger partial charge in [0.05, 0.1) is 24.7 Å². The smallest absolute Gasteiger partial charge is 0.268 e. The van der Waals surface area contributed by atoms with E-state index >= 15 is 0 Å². The molecule has 6 nitrogen and oxygen atoms in total. The molecule has 152 valence electrons. The lowest BCUT2D eigenvalue weighted by Gasteiger charge is -2.19. The number of likely N-dealkylation sites (tertiary alicyclic amines) is 1. The number of aromatic nitrogens is 1. The van der Waals surface area contributed by atoms with Crippen molar-refractivity contribution in [2.75, 3.05) is 13.1 Å². The minimum Gasteiger partial charge on any atom is -0.347 e. The number of benzene rings is 1. The summed E-state index contributed by atoms with van der Waals surface area (Å²) >= 11 is 5.88. The number of carbonyl (C=O) groups excluding carboxylic acids is 2. The second-order valence-corrected chi connectivity index (χ2v) is 7.47. The minimum absolute atomic E-state index is 0.354. The lowest BCUT2D eigenvalue weighted by molar-refractivity contribution is -0.131. The van der Waals surface area contributed by atoms with Crippen molar-refractivity contribution in [1.29, 1.82) is 5.26 Å². The van der Waals surface area contributed by atoms with E-state index in [4.69, 9.17) is 16.9 Å². The topological polar surface area (TPSA) is 78.1 Å². The highest BCUT2D eigenvalue weighted by Gasteiger charge is 2.47. The van der Waals surface area contributed by atoms with E-state index in [0.717, 1.165) is 16.2 Å². The number of alkyl halides is 2. The highest BCUT2D eigenvalue weighted by molar-refractivity contribution is 6.30. The monoisotopic (exact) mass is 420 g/mol. The van der Waals surface area contributed by atoms with Crippen LogP contribution in [-0.2, 0) is 11.3 Å². The van der Waals surface area contributed by atoms with Gasteiger partial charge in [-0.25, -0.2) is 8.78 Å². The number of rotatable bonds is 5. The second kappa shape index (κ2) is 8.21. The van der Waals surface area contributed by atoms with Gasteiger partial charge in [0.1, 0.15) is 6.04 Å². The van der Waals surface area contributed by atoms with Gasteiger partial charge in [-0.1, -0.05) is 23.7 Å². The molecule has 2 aromatic rings. The van der Waals surface area contributed by atoms with Crippen LogP contribution in [-0.4, -0.2) is 46.3 Å². The lowest BCUT2D eigenvalue weighted by atomic mass is 10.2. The normalized spacial score (nSPS) is 17.8. The SMILES string of the molecule is Cc1cc(C(=O)NCC(=O)N2CC(F)(F)C[C@H]2C#N)cn1Cc1ccc(Cl)cc1. The number of halogens is 3. The van der Waals surface area contributed by atoms with Crippen LogP contribution in [0.3, 0.4) is 0 Å². The van der Waals surface area contributed by atoms with E-state index in [0.29, 0.717) is 17.1 Å². The highest BCUT2D eigenvalue weighted by Crippen LogP contribution is 2.31. The summed E-state index contributed by atoms with van der Waals surface area (Å²) in [6.45, 7) is 1.13. The maximum atomic E-state index is 13.5. The minimum atomic E-state index is -3.09. The Morgan fingerprint density at radius 3 is 2.69 bits per heavy atom. The van der Waals surface area contributed by atoms with E-state index in [1.165, 1.54) is 0 Å².